The largest absolute Gasteiger partial charge is 0.384 e. The number of fused-ring (bicyclic) bond motifs is 3. The van der Waals surface area contributed by atoms with Gasteiger partial charge in [0.1, 0.15) is 0 Å². The van der Waals surface area contributed by atoms with Gasteiger partial charge in [-0.25, -0.2) is 0 Å². The van der Waals surface area contributed by atoms with Gasteiger partial charge in [-0.1, -0.05) is 41.9 Å². The van der Waals surface area contributed by atoms with Crippen LogP contribution in [-0.2, 0) is 6.54 Å². The van der Waals surface area contributed by atoms with E-state index in [0.29, 0.717) is 5.92 Å². The molecule has 2 aliphatic rings. The summed E-state index contributed by atoms with van der Waals surface area (Å²) in [4.78, 5) is 2.43. The van der Waals surface area contributed by atoms with Crippen molar-refractivity contribution in [3.8, 4) is 0 Å². The number of hydrogen-bond donors (Lipinski definition) is 1. The van der Waals surface area contributed by atoms with Gasteiger partial charge in [0.25, 0.3) is 0 Å². The monoisotopic (exact) mass is 310 g/mol. The summed E-state index contributed by atoms with van der Waals surface area (Å²) in [5.41, 5.74) is 5.26. The zero-order chi connectivity index (χ0) is 14.9. The number of halogens is 1. The van der Waals surface area contributed by atoms with Crippen molar-refractivity contribution in [3.05, 3.63) is 70.9 Å². The zero-order valence-electron chi connectivity index (χ0n) is 12.4. The maximum absolute atomic E-state index is 6.21. The van der Waals surface area contributed by atoms with E-state index in [9.17, 15) is 0 Å². The van der Waals surface area contributed by atoms with Crippen molar-refractivity contribution in [2.75, 3.05) is 18.4 Å². The molecule has 1 unspecified atom stereocenters. The molecule has 4 rings (SSSR count). The van der Waals surface area contributed by atoms with E-state index in [2.05, 4.69) is 58.9 Å². The van der Waals surface area contributed by atoms with Crippen LogP contribution in [0.15, 0.2) is 54.7 Å². The van der Waals surface area contributed by atoms with Gasteiger partial charge >= 0.3 is 0 Å². The van der Waals surface area contributed by atoms with E-state index in [0.717, 1.165) is 24.7 Å². The van der Waals surface area contributed by atoms with E-state index in [-0.39, 0.29) is 0 Å². The molecule has 0 aromatic heterocycles. The fourth-order valence-electron chi connectivity index (χ4n) is 3.43. The van der Waals surface area contributed by atoms with Crippen LogP contribution in [0, 0.1) is 5.92 Å². The maximum Gasteiger partial charge on any atom is 0.0424 e. The second-order valence-electron chi connectivity index (χ2n) is 6.10. The number of benzene rings is 2. The summed E-state index contributed by atoms with van der Waals surface area (Å²) in [7, 11) is 0. The summed E-state index contributed by atoms with van der Waals surface area (Å²) < 4.78 is 0. The van der Waals surface area contributed by atoms with Crippen LogP contribution in [-0.4, -0.2) is 18.0 Å². The molecule has 112 valence electrons. The molecule has 2 aliphatic heterocycles. The molecule has 0 radical (unpaired) electrons. The molecular weight excluding hydrogens is 292 g/mol. The Labute approximate surface area is 136 Å². The predicted octanol–water partition coefficient (Wildman–Crippen LogP) is 4.63. The number of hydrogen-bond acceptors (Lipinski definition) is 2. The van der Waals surface area contributed by atoms with Crippen LogP contribution >= 0.6 is 11.6 Å². The Hall–Kier alpha value is -1.93. The lowest BCUT2D eigenvalue weighted by Crippen LogP contribution is -2.32. The highest BCUT2D eigenvalue weighted by Gasteiger charge is 2.27. The molecule has 2 aromatic rings. The first-order valence-corrected chi connectivity index (χ1v) is 8.21. The Morgan fingerprint density at radius 1 is 1.14 bits per heavy atom. The third-order valence-corrected chi connectivity index (χ3v) is 4.82. The van der Waals surface area contributed by atoms with E-state index >= 15 is 0 Å². The summed E-state index contributed by atoms with van der Waals surface area (Å²) in [6, 6.07) is 16.8. The van der Waals surface area contributed by atoms with Crippen LogP contribution in [0.4, 0.5) is 5.69 Å². The molecule has 0 fully saturated rings. The minimum Gasteiger partial charge on any atom is -0.384 e. The summed E-state index contributed by atoms with van der Waals surface area (Å²) in [5, 5.41) is 4.34. The van der Waals surface area contributed by atoms with Crippen LogP contribution < -0.4 is 5.32 Å². The summed E-state index contributed by atoms with van der Waals surface area (Å²) in [5.74, 6) is 0.595. The fourth-order valence-corrected chi connectivity index (χ4v) is 3.60. The van der Waals surface area contributed by atoms with E-state index in [1.165, 1.54) is 28.8 Å². The number of anilines is 1. The standard InChI is InChI=1S/C19H19ClN2/c20-16-6-7-19-17(10-16)18-13-22(9-8-15(18)11-21-19)12-14-4-2-1-3-5-14/h1-7,10,13,15,21H,8-9,11-12H2. The molecule has 0 saturated heterocycles. The molecule has 3 heteroatoms. The molecule has 0 saturated carbocycles. The van der Waals surface area contributed by atoms with Crippen molar-refractivity contribution >= 4 is 22.9 Å². The Morgan fingerprint density at radius 2 is 2.00 bits per heavy atom. The van der Waals surface area contributed by atoms with E-state index in [4.69, 9.17) is 11.6 Å². The van der Waals surface area contributed by atoms with Crippen molar-refractivity contribution in [2.45, 2.75) is 13.0 Å². The number of rotatable bonds is 2. The first-order chi connectivity index (χ1) is 10.8. The fraction of sp³-hybridized carbons (Fsp3) is 0.263. The highest BCUT2D eigenvalue weighted by Crippen LogP contribution is 2.40. The SMILES string of the molecule is Clc1ccc2c(c1)C1=CN(Cc3ccccc3)CCC1CN2. The topological polar surface area (TPSA) is 15.3 Å². The van der Waals surface area contributed by atoms with Crippen molar-refractivity contribution in [3.63, 3.8) is 0 Å². The third kappa shape index (κ3) is 2.59. The zero-order valence-corrected chi connectivity index (χ0v) is 13.2. The van der Waals surface area contributed by atoms with E-state index in [1.807, 2.05) is 6.07 Å². The van der Waals surface area contributed by atoms with Crippen molar-refractivity contribution < 1.29 is 0 Å². The maximum atomic E-state index is 6.21. The molecule has 0 aliphatic carbocycles. The first-order valence-electron chi connectivity index (χ1n) is 7.83. The van der Waals surface area contributed by atoms with Crippen molar-refractivity contribution in [2.24, 2.45) is 5.92 Å². The van der Waals surface area contributed by atoms with E-state index < -0.39 is 0 Å². The van der Waals surface area contributed by atoms with Crippen molar-refractivity contribution in [1.82, 2.24) is 4.90 Å². The van der Waals surface area contributed by atoms with Crippen LogP contribution in [0.25, 0.3) is 5.57 Å². The van der Waals surface area contributed by atoms with Gasteiger partial charge in [0.15, 0.2) is 0 Å². The van der Waals surface area contributed by atoms with Crippen LogP contribution in [0.2, 0.25) is 5.02 Å². The van der Waals surface area contributed by atoms with Crippen LogP contribution in [0.1, 0.15) is 17.5 Å². The summed E-state index contributed by atoms with van der Waals surface area (Å²) in [6.07, 6.45) is 3.54. The minimum absolute atomic E-state index is 0.595. The summed E-state index contributed by atoms with van der Waals surface area (Å²) >= 11 is 6.21. The Bertz CT molecular complexity index is 709. The molecule has 2 heterocycles. The lowest BCUT2D eigenvalue weighted by atomic mass is 9.84. The van der Waals surface area contributed by atoms with Gasteiger partial charge in [-0.3, -0.25) is 0 Å². The van der Waals surface area contributed by atoms with Crippen LogP contribution in [0.5, 0.6) is 0 Å². The predicted molar refractivity (Wildman–Crippen MR) is 92.9 cm³/mol. The molecule has 2 nitrogen and oxygen atoms in total. The van der Waals surface area contributed by atoms with Gasteiger partial charge < -0.3 is 10.2 Å². The summed E-state index contributed by atoms with van der Waals surface area (Å²) in [6.45, 7) is 3.11. The highest BCUT2D eigenvalue weighted by molar-refractivity contribution is 6.30. The third-order valence-electron chi connectivity index (χ3n) is 4.59. The molecule has 1 N–H and O–H groups in total. The Morgan fingerprint density at radius 3 is 2.86 bits per heavy atom. The van der Waals surface area contributed by atoms with Gasteiger partial charge in [0, 0.05) is 48.0 Å². The lowest BCUT2D eigenvalue weighted by Gasteiger charge is -2.37. The molecule has 0 amide bonds. The highest BCUT2D eigenvalue weighted by atomic mass is 35.5. The second kappa shape index (κ2) is 5.69. The van der Waals surface area contributed by atoms with E-state index in [1.54, 1.807) is 0 Å². The van der Waals surface area contributed by atoms with Crippen molar-refractivity contribution in [1.29, 1.82) is 0 Å². The number of nitrogens with zero attached hydrogens (tertiary/aromatic N) is 1. The first kappa shape index (κ1) is 13.7. The average Bonchev–Trinajstić information content (AvgIpc) is 2.56. The normalized spacial score (nSPS) is 19.8. The van der Waals surface area contributed by atoms with Gasteiger partial charge in [-0.15, -0.1) is 0 Å². The lowest BCUT2D eigenvalue weighted by molar-refractivity contribution is 0.326. The Kier molecular flexibility index (Phi) is 3.55. The van der Waals surface area contributed by atoms with Gasteiger partial charge in [0.05, 0.1) is 0 Å². The van der Waals surface area contributed by atoms with Gasteiger partial charge in [-0.05, 0) is 35.8 Å². The van der Waals surface area contributed by atoms with Crippen LogP contribution in [0.3, 0.4) is 0 Å². The molecular formula is C19H19ClN2. The second-order valence-corrected chi connectivity index (χ2v) is 6.53. The molecule has 0 bridgehead atoms. The Balaban J connectivity index is 1.66. The molecule has 0 spiro atoms. The quantitative estimate of drug-likeness (QED) is 0.870. The number of nitrogens with one attached hydrogen (secondary N) is 1. The molecule has 1 atom stereocenters. The average molecular weight is 311 g/mol. The van der Waals surface area contributed by atoms with Gasteiger partial charge in [0.2, 0.25) is 0 Å². The molecule has 2 aromatic carbocycles. The smallest absolute Gasteiger partial charge is 0.0424 e. The minimum atomic E-state index is 0.595. The van der Waals surface area contributed by atoms with Gasteiger partial charge in [-0.2, -0.15) is 0 Å². The molecule has 22 heavy (non-hydrogen) atoms.